The summed E-state index contributed by atoms with van der Waals surface area (Å²) in [7, 11) is 1.28. The lowest BCUT2D eigenvalue weighted by molar-refractivity contribution is -0.154. The highest BCUT2D eigenvalue weighted by Crippen LogP contribution is 2.42. The van der Waals surface area contributed by atoms with Crippen molar-refractivity contribution in [2.75, 3.05) is 23.0 Å². The Morgan fingerprint density at radius 3 is 2.43 bits per heavy atom. The van der Waals surface area contributed by atoms with Gasteiger partial charge < -0.3 is 20.6 Å². The van der Waals surface area contributed by atoms with Crippen molar-refractivity contribution >= 4 is 74.5 Å². The molecule has 2 aromatic carbocycles. The molecule has 2 atom stereocenters. The van der Waals surface area contributed by atoms with Crippen LogP contribution in [0, 0.1) is 0 Å². The standard InChI is InChI=1S/C28H25IN6O5S2/c1-39-33-19(23-32-28(30)42-34-23)24(36)31-20-25(37)35-21(18(13-8-14-29)15-41-26(20)35)27(38)40-22(16-9-4-2-5-10-16)17-11-6-3-7-12-17/h2-13,20,22,26H,14-15H2,1H3,(H,31,36)(H2,30,32,34)/t20?,26-/m0/s1. The van der Waals surface area contributed by atoms with Gasteiger partial charge in [0.25, 0.3) is 11.8 Å². The van der Waals surface area contributed by atoms with Crippen molar-refractivity contribution in [2.24, 2.45) is 5.16 Å². The lowest BCUT2D eigenvalue weighted by atomic mass is 10.0. The Morgan fingerprint density at radius 1 is 1.19 bits per heavy atom. The molecule has 42 heavy (non-hydrogen) atoms. The highest BCUT2D eigenvalue weighted by atomic mass is 127. The lowest BCUT2D eigenvalue weighted by Gasteiger charge is -2.49. The quantitative estimate of drug-likeness (QED) is 0.0804. The highest BCUT2D eigenvalue weighted by Gasteiger charge is 2.54. The van der Waals surface area contributed by atoms with Crippen molar-refractivity contribution in [3.05, 3.63) is 101 Å². The van der Waals surface area contributed by atoms with E-state index in [1.54, 1.807) is 0 Å². The first-order chi connectivity index (χ1) is 20.4. The number of nitrogen functional groups attached to an aromatic ring is 1. The molecule has 11 nitrogen and oxygen atoms in total. The maximum Gasteiger partial charge on any atom is 0.356 e. The van der Waals surface area contributed by atoms with Gasteiger partial charge in [0.05, 0.1) is 0 Å². The fourth-order valence-corrected chi connectivity index (χ4v) is 6.52. The minimum absolute atomic E-state index is 0.0139. The summed E-state index contributed by atoms with van der Waals surface area (Å²) in [5.74, 6) is -1.37. The smallest absolute Gasteiger partial charge is 0.356 e. The molecule has 2 aliphatic rings. The maximum absolute atomic E-state index is 13.9. The number of thioether (sulfide) groups is 1. The maximum atomic E-state index is 13.9. The summed E-state index contributed by atoms with van der Waals surface area (Å²) < 4.78 is 10.9. The Kier molecular flexibility index (Phi) is 9.54. The van der Waals surface area contributed by atoms with E-state index < -0.39 is 35.3 Å². The molecular formula is C28H25IN6O5S2. The number of halogens is 1. The number of alkyl halides is 1. The zero-order valence-corrected chi connectivity index (χ0v) is 26.0. The highest BCUT2D eigenvalue weighted by molar-refractivity contribution is 14.1. The Bertz CT molecular complexity index is 1520. The van der Waals surface area contributed by atoms with Gasteiger partial charge in [-0.2, -0.15) is 9.36 Å². The van der Waals surface area contributed by atoms with E-state index in [1.165, 1.54) is 23.8 Å². The van der Waals surface area contributed by atoms with Crippen LogP contribution in [0.4, 0.5) is 5.13 Å². The van der Waals surface area contributed by atoms with E-state index >= 15 is 0 Å². The fraction of sp³-hybridized carbons (Fsp3) is 0.214. The number of fused-ring (bicyclic) bond motifs is 1. The third-order valence-corrected chi connectivity index (χ3v) is 8.72. The predicted molar refractivity (Wildman–Crippen MR) is 169 cm³/mol. The molecule has 0 bridgehead atoms. The number of oxime groups is 1. The number of anilines is 1. The van der Waals surface area contributed by atoms with E-state index in [0.717, 1.165) is 27.1 Å². The summed E-state index contributed by atoms with van der Waals surface area (Å²) in [5, 5.41) is 6.04. The largest absolute Gasteiger partial charge is 0.448 e. The van der Waals surface area contributed by atoms with Gasteiger partial charge in [0.2, 0.25) is 11.5 Å². The van der Waals surface area contributed by atoms with Crippen LogP contribution in [0.3, 0.4) is 0 Å². The van der Waals surface area contributed by atoms with Gasteiger partial charge in [-0.25, -0.2) is 4.79 Å². The Balaban J connectivity index is 1.41. The number of allylic oxidation sites excluding steroid dienone is 2. The monoisotopic (exact) mass is 716 g/mol. The lowest BCUT2D eigenvalue weighted by Crippen LogP contribution is -2.71. The molecule has 0 radical (unpaired) electrons. The summed E-state index contributed by atoms with van der Waals surface area (Å²) in [4.78, 5) is 50.7. The number of nitrogens with zero attached hydrogens (tertiary/aromatic N) is 4. The molecular weight excluding hydrogens is 691 g/mol. The van der Waals surface area contributed by atoms with Crippen LogP contribution in [0.1, 0.15) is 23.1 Å². The summed E-state index contributed by atoms with van der Waals surface area (Å²) in [6.07, 6.45) is 3.07. The molecule has 3 heterocycles. The molecule has 5 rings (SSSR count). The minimum atomic E-state index is -0.919. The molecule has 216 valence electrons. The number of carbonyl (C=O) groups is 3. The number of hydrogen-bond donors (Lipinski definition) is 2. The van der Waals surface area contributed by atoms with Crippen LogP contribution in [0.25, 0.3) is 0 Å². The van der Waals surface area contributed by atoms with Gasteiger partial charge in [0, 0.05) is 21.7 Å². The number of ether oxygens (including phenoxy) is 1. The van der Waals surface area contributed by atoms with Gasteiger partial charge in [0.1, 0.15) is 24.2 Å². The SMILES string of the molecule is CON=C(C(=O)NC1C(=O)N2C(C(=O)OC(c3ccccc3)c3ccccc3)=C(C=CCI)CS[C@@H]12)c1nsc(N)n1. The first kappa shape index (κ1) is 29.7. The molecule has 14 heteroatoms. The second-order valence-corrected chi connectivity index (χ2v) is 11.7. The number of aromatic nitrogens is 2. The molecule has 3 aromatic rings. The number of hydrogen-bond acceptors (Lipinski definition) is 11. The number of β-lactam (4-membered cyclic amide) rings is 1. The van der Waals surface area contributed by atoms with Crippen molar-refractivity contribution in [2.45, 2.75) is 17.5 Å². The molecule has 1 aromatic heterocycles. The number of carbonyl (C=O) groups excluding carboxylic acids is 3. The van der Waals surface area contributed by atoms with Crippen LogP contribution < -0.4 is 11.1 Å². The molecule has 0 aliphatic carbocycles. The Hall–Kier alpha value is -3.76. The van der Waals surface area contributed by atoms with Crippen LogP contribution in [0.2, 0.25) is 0 Å². The van der Waals surface area contributed by atoms with E-state index in [2.05, 4.69) is 42.4 Å². The van der Waals surface area contributed by atoms with E-state index in [1.807, 2.05) is 72.8 Å². The van der Waals surface area contributed by atoms with E-state index in [-0.39, 0.29) is 22.4 Å². The van der Waals surface area contributed by atoms with Crippen molar-refractivity contribution in [3.8, 4) is 0 Å². The van der Waals surface area contributed by atoms with Crippen LogP contribution in [-0.2, 0) is 24.0 Å². The number of benzene rings is 2. The normalized spacial score (nSPS) is 18.6. The first-order valence-corrected chi connectivity index (χ1v) is 16.0. The summed E-state index contributed by atoms with van der Waals surface area (Å²) in [6.45, 7) is 0. The van der Waals surface area contributed by atoms with Gasteiger partial charge in [-0.3, -0.25) is 14.5 Å². The predicted octanol–water partition coefficient (Wildman–Crippen LogP) is 3.45. The fourth-order valence-electron chi connectivity index (χ4n) is 4.51. The third kappa shape index (κ3) is 6.19. The Labute approximate surface area is 263 Å². The zero-order valence-electron chi connectivity index (χ0n) is 22.2. The topological polar surface area (TPSA) is 149 Å². The molecule has 1 fully saturated rings. The van der Waals surface area contributed by atoms with Crippen LogP contribution in [-0.4, -0.2) is 66.5 Å². The number of nitrogens with two attached hydrogens (primary N) is 1. The van der Waals surface area contributed by atoms with Crippen molar-refractivity contribution in [1.82, 2.24) is 19.6 Å². The minimum Gasteiger partial charge on any atom is -0.448 e. The van der Waals surface area contributed by atoms with Gasteiger partial charge in [-0.1, -0.05) is 101 Å². The van der Waals surface area contributed by atoms with Crippen LogP contribution in [0.5, 0.6) is 0 Å². The number of rotatable bonds is 10. The van der Waals surface area contributed by atoms with Crippen LogP contribution >= 0.6 is 45.9 Å². The number of esters is 1. The summed E-state index contributed by atoms with van der Waals surface area (Å²) in [6, 6.07) is 17.9. The average molecular weight is 717 g/mol. The summed E-state index contributed by atoms with van der Waals surface area (Å²) >= 11 is 4.54. The Morgan fingerprint density at radius 2 is 1.86 bits per heavy atom. The third-order valence-electron chi connectivity index (χ3n) is 6.37. The molecule has 0 saturated carbocycles. The van der Waals surface area contributed by atoms with Crippen molar-refractivity contribution in [3.63, 3.8) is 0 Å². The molecule has 2 amide bonds. The van der Waals surface area contributed by atoms with Crippen molar-refractivity contribution < 1.29 is 24.0 Å². The van der Waals surface area contributed by atoms with Gasteiger partial charge >= 0.3 is 5.97 Å². The first-order valence-electron chi connectivity index (χ1n) is 12.7. The molecule has 3 N–H and O–H groups in total. The average Bonchev–Trinajstić information content (AvgIpc) is 3.45. The molecule has 2 aliphatic heterocycles. The van der Waals surface area contributed by atoms with Gasteiger partial charge in [-0.05, 0) is 16.7 Å². The van der Waals surface area contributed by atoms with Crippen molar-refractivity contribution in [1.29, 1.82) is 0 Å². The summed E-state index contributed by atoms with van der Waals surface area (Å²) in [5.41, 5.74) is 7.86. The van der Waals surface area contributed by atoms with Gasteiger partial charge in [-0.15, -0.1) is 11.8 Å². The second-order valence-electron chi connectivity index (χ2n) is 8.98. The second kappa shape index (κ2) is 13.5. The van der Waals surface area contributed by atoms with Crippen LogP contribution in [0.15, 0.2) is 89.2 Å². The zero-order chi connectivity index (χ0) is 29.6. The molecule has 1 unspecified atom stereocenters. The number of nitrogens with one attached hydrogen (secondary N) is 1. The van der Waals surface area contributed by atoms with Gasteiger partial charge in [0.15, 0.2) is 11.2 Å². The number of amides is 2. The molecule has 0 spiro atoms. The molecule has 1 saturated heterocycles. The van der Waals surface area contributed by atoms with E-state index in [4.69, 9.17) is 15.3 Å². The van der Waals surface area contributed by atoms with E-state index in [0.29, 0.717) is 11.3 Å². The van der Waals surface area contributed by atoms with E-state index in [9.17, 15) is 14.4 Å².